The molecule has 8 heteroatoms. The zero-order chi connectivity index (χ0) is 21.6. The third kappa shape index (κ3) is 3.33. The molecule has 1 atom stereocenters. The Labute approximate surface area is 182 Å². The lowest BCUT2D eigenvalue weighted by molar-refractivity contribution is -0.131. The Morgan fingerprint density at radius 2 is 1.74 bits per heavy atom. The minimum absolute atomic E-state index is 0.117. The molecule has 4 aromatic rings. The van der Waals surface area contributed by atoms with Crippen molar-refractivity contribution < 1.29 is 14.0 Å². The van der Waals surface area contributed by atoms with Gasteiger partial charge in [-0.2, -0.15) is 0 Å². The van der Waals surface area contributed by atoms with E-state index in [2.05, 4.69) is 15.5 Å². The van der Waals surface area contributed by atoms with E-state index in [1.165, 1.54) is 0 Å². The van der Waals surface area contributed by atoms with Crippen LogP contribution in [0.2, 0.25) is 5.02 Å². The highest BCUT2D eigenvalue weighted by Gasteiger charge is 2.49. The summed E-state index contributed by atoms with van der Waals surface area (Å²) < 4.78 is 5.66. The number of benzene rings is 3. The molecule has 7 nitrogen and oxygen atoms in total. The van der Waals surface area contributed by atoms with Crippen LogP contribution in [0.15, 0.2) is 71.1 Å². The molecule has 0 radical (unpaired) electrons. The number of hydrogen-bond donors (Lipinski definition) is 1. The number of hydrogen-bond acceptors (Lipinski definition) is 5. The lowest BCUT2D eigenvalue weighted by Gasteiger charge is -2.22. The van der Waals surface area contributed by atoms with Gasteiger partial charge in [0.1, 0.15) is 12.1 Å². The number of fused-ring (bicyclic) bond motifs is 1. The van der Waals surface area contributed by atoms with Crippen molar-refractivity contribution in [3.05, 3.63) is 83.2 Å². The molecule has 5 rings (SSSR count). The average Bonchev–Trinajstić information content (AvgIpc) is 3.33. The van der Waals surface area contributed by atoms with Crippen LogP contribution in [-0.2, 0) is 16.9 Å². The number of carbonyl (C=O) groups is 2. The molecule has 3 aromatic carbocycles. The van der Waals surface area contributed by atoms with Crippen LogP contribution in [0, 0.1) is 0 Å². The molecule has 0 aliphatic carbocycles. The topological polar surface area (TPSA) is 88.3 Å². The number of urea groups is 1. The number of halogens is 1. The third-order valence-corrected chi connectivity index (χ3v) is 5.71. The molecule has 1 fully saturated rings. The zero-order valence-electron chi connectivity index (χ0n) is 16.5. The summed E-state index contributed by atoms with van der Waals surface area (Å²) in [6.45, 7) is 1.58. The van der Waals surface area contributed by atoms with E-state index in [9.17, 15) is 9.59 Å². The molecule has 0 spiro atoms. The number of aromatic nitrogens is 2. The molecule has 1 aromatic heterocycles. The molecule has 1 unspecified atom stereocenters. The predicted molar refractivity (Wildman–Crippen MR) is 115 cm³/mol. The number of amides is 3. The van der Waals surface area contributed by atoms with Gasteiger partial charge in [0.25, 0.3) is 5.91 Å². The van der Waals surface area contributed by atoms with Gasteiger partial charge in [-0.15, -0.1) is 10.2 Å². The lowest BCUT2D eigenvalue weighted by atomic mass is 9.90. The number of rotatable bonds is 4. The van der Waals surface area contributed by atoms with E-state index in [4.69, 9.17) is 16.0 Å². The minimum atomic E-state index is -1.18. The first-order chi connectivity index (χ1) is 14.9. The summed E-state index contributed by atoms with van der Waals surface area (Å²) in [5.41, 5.74) is 0.223. The van der Waals surface area contributed by atoms with E-state index in [0.717, 1.165) is 15.7 Å². The van der Waals surface area contributed by atoms with E-state index in [-0.39, 0.29) is 24.2 Å². The van der Waals surface area contributed by atoms with E-state index < -0.39 is 11.6 Å². The summed E-state index contributed by atoms with van der Waals surface area (Å²) in [7, 11) is 0. The second kappa shape index (κ2) is 7.21. The molecule has 0 bridgehead atoms. The fourth-order valence-corrected chi connectivity index (χ4v) is 3.82. The van der Waals surface area contributed by atoms with Gasteiger partial charge in [0, 0.05) is 10.6 Å². The van der Waals surface area contributed by atoms with Gasteiger partial charge in [0.2, 0.25) is 11.8 Å². The van der Waals surface area contributed by atoms with Crippen molar-refractivity contribution in [2.45, 2.75) is 19.0 Å². The summed E-state index contributed by atoms with van der Waals surface area (Å²) in [5, 5.41) is 13.4. The maximum atomic E-state index is 13.2. The second-order valence-electron chi connectivity index (χ2n) is 7.52. The Bertz CT molecular complexity index is 1320. The van der Waals surface area contributed by atoms with Crippen LogP contribution < -0.4 is 5.32 Å². The summed E-state index contributed by atoms with van der Waals surface area (Å²) in [6, 6.07) is 20.0. The Balaban J connectivity index is 1.40. The normalized spacial score (nSPS) is 18.6. The number of carbonyl (C=O) groups excluding carboxylic acids is 2. The molecule has 2 heterocycles. The van der Waals surface area contributed by atoms with Crippen molar-refractivity contribution in [2.24, 2.45) is 0 Å². The Morgan fingerprint density at radius 1 is 1.00 bits per heavy atom. The van der Waals surface area contributed by atoms with Crippen molar-refractivity contribution in [3.8, 4) is 11.5 Å². The maximum absolute atomic E-state index is 13.2. The maximum Gasteiger partial charge on any atom is 0.325 e. The van der Waals surface area contributed by atoms with Gasteiger partial charge in [-0.05, 0) is 53.6 Å². The monoisotopic (exact) mass is 432 g/mol. The Hall–Kier alpha value is -3.71. The fourth-order valence-electron chi connectivity index (χ4n) is 3.70. The zero-order valence-corrected chi connectivity index (χ0v) is 17.3. The molecule has 31 heavy (non-hydrogen) atoms. The highest BCUT2D eigenvalue weighted by molar-refractivity contribution is 6.30. The largest absolute Gasteiger partial charge is 0.419 e. The molecule has 1 N–H and O–H groups in total. The molecule has 0 saturated carbocycles. The van der Waals surface area contributed by atoms with Gasteiger partial charge in [-0.1, -0.05) is 48.0 Å². The first-order valence-corrected chi connectivity index (χ1v) is 10.0. The van der Waals surface area contributed by atoms with Crippen LogP contribution in [0.25, 0.3) is 22.2 Å². The summed E-state index contributed by atoms with van der Waals surface area (Å²) >= 11 is 5.90. The second-order valence-corrected chi connectivity index (χ2v) is 7.95. The number of imide groups is 1. The average molecular weight is 433 g/mol. The molecule has 1 aliphatic rings. The lowest BCUT2D eigenvalue weighted by Crippen LogP contribution is -2.40. The minimum Gasteiger partial charge on any atom is -0.419 e. The van der Waals surface area contributed by atoms with Gasteiger partial charge in [0.05, 0.1) is 0 Å². The summed E-state index contributed by atoms with van der Waals surface area (Å²) in [4.78, 5) is 27.0. The molecular weight excluding hydrogens is 416 g/mol. The van der Waals surface area contributed by atoms with Crippen LogP contribution in [0.5, 0.6) is 0 Å². The van der Waals surface area contributed by atoms with E-state index in [1.807, 2.05) is 42.5 Å². The third-order valence-electron chi connectivity index (χ3n) is 5.45. The van der Waals surface area contributed by atoms with Crippen LogP contribution in [-0.4, -0.2) is 27.0 Å². The SMILES string of the molecule is CC1(c2ccc3ccccc3c2)NC(=O)N(Cc2nnc(-c3ccc(Cl)cc3)o2)C1=O. The van der Waals surface area contributed by atoms with Crippen LogP contribution in [0.3, 0.4) is 0 Å². The first-order valence-electron chi connectivity index (χ1n) is 9.66. The van der Waals surface area contributed by atoms with E-state index in [1.54, 1.807) is 31.2 Å². The van der Waals surface area contributed by atoms with Crippen molar-refractivity contribution in [2.75, 3.05) is 0 Å². The van der Waals surface area contributed by atoms with Gasteiger partial charge in [-0.25, -0.2) is 4.79 Å². The van der Waals surface area contributed by atoms with Gasteiger partial charge >= 0.3 is 6.03 Å². The van der Waals surface area contributed by atoms with E-state index in [0.29, 0.717) is 16.1 Å². The molecule has 154 valence electrons. The van der Waals surface area contributed by atoms with Crippen LogP contribution >= 0.6 is 11.6 Å². The standard InChI is InChI=1S/C23H17ClN4O3/c1-23(17-9-6-14-4-2-3-5-16(14)12-17)21(29)28(22(30)25-23)13-19-26-27-20(31-19)15-7-10-18(24)11-8-15/h2-12H,13H2,1H3,(H,25,30). The number of nitrogens with zero attached hydrogens (tertiary/aromatic N) is 3. The van der Waals surface area contributed by atoms with Crippen molar-refractivity contribution in [3.63, 3.8) is 0 Å². The molecule has 1 aliphatic heterocycles. The van der Waals surface area contributed by atoms with Crippen molar-refractivity contribution in [1.29, 1.82) is 0 Å². The van der Waals surface area contributed by atoms with Gasteiger partial charge < -0.3 is 9.73 Å². The molecular formula is C23H17ClN4O3. The quantitative estimate of drug-likeness (QED) is 0.479. The molecule has 1 saturated heterocycles. The van der Waals surface area contributed by atoms with Crippen molar-refractivity contribution in [1.82, 2.24) is 20.4 Å². The Morgan fingerprint density at radius 3 is 2.52 bits per heavy atom. The van der Waals surface area contributed by atoms with Crippen LogP contribution in [0.1, 0.15) is 18.4 Å². The van der Waals surface area contributed by atoms with Crippen molar-refractivity contribution >= 4 is 34.3 Å². The van der Waals surface area contributed by atoms with E-state index >= 15 is 0 Å². The number of nitrogens with one attached hydrogen (secondary N) is 1. The first kappa shape index (κ1) is 19.3. The van der Waals surface area contributed by atoms with Crippen LogP contribution in [0.4, 0.5) is 4.79 Å². The summed E-state index contributed by atoms with van der Waals surface area (Å²) in [6.07, 6.45) is 0. The molecule has 3 amide bonds. The summed E-state index contributed by atoms with van der Waals surface area (Å²) in [5.74, 6) is 0.0752. The fraction of sp³-hybridized carbons (Fsp3) is 0.130. The highest BCUT2D eigenvalue weighted by atomic mass is 35.5. The highest BCUT2D eigenvalue weighted by Crippen LogP contribution is 2.32. The predicted octanol–water partition coefficient (Wildman–Crippen LogP) is 4.51. The Kier molecular flexibility index (Phi) is 4.48. The van der Waals surface area contributed by atoms with Gasteiger partial charge in [-0.3, -0.25) is 9.69 Å². The van der Waals surface area contributed by atoms with Gasteiger partial charge in [0.15, 0.2) is 0 Å². The smallest absolute Gasteiger partial charge is 0.325 e.